The van der Waals surface area contributed by atoms with E-state index in [4.69, 9.17) is 30.9 Å². The quantitative estimate of drug-likeness (QED) is 0.518. The lowest BCUT2D eigenvalue weighted by molar-refractivity contribution is -0.137. The molecule has 0 aromatic heterocycles. The van der Waals surface area contributed by atoms with Crippen LogP contribution in [0.15, 0.2) is 72.0 Å². The molecule has 0 radical (unpaired) electrons. The Morgan fingerprint density at radius 1 is 1.16 bits per heavy atom. The SMILES string of the molecule is CC1C(OCCc2ccccc2)=CC=C(COc2ccc3c(c2)OCC3CC(=O)O)C1Cl. The summed E-state index contributed by atoms with van der Waals surface area (Å²) in [7, 11) is 0. The smallest absolute Gasteiger partial charge is 0.304 e. The van der Waals surface area contributed by atoms with Gasteiger partial charge < -0.3 is 19.3 Å². The minimum atomic E-state index is -0.824. The molecule has 3 unspecified atom stereocenters. The monoisotopic (exact) mass is 454 g/mol. The summed E-state index contributed by atoms with van der Waals surface area (Å²) in [4.78, 5) is 11.0. The van der Waals surface area contributed by atoms with Crippen LogP contribution in [0, 0.1) is 5.92 Å². The number of hydrogen-bond acceptors (Lipinski definition) is 4. The molecule has 0 fully saturated rings. The Balaban J connectivity index is 1.33. The third-order valence-electron chi connectivity index (χ3n) is 5.90. The van der Waals surface area contributed by atoms with Gasteiger partial charge in [0, 0.05) is 29.9 Å². The van der Waals surface area contributed by atoms with Crippen LogP contribution in [0.2, 0.25) is 0 Å². The second-order valence-corrected chi connectivity index (χ2v) is 8.65. The number of fused-ring (bicyclic) bond motifs is 1. The largest absolute Gasteiger partial charge is 0.497 e. The first-order valence-corrected chi connectivity index (χ1v) is 11.3. The van der Waals surface area contributed by atoms with E-state index >= 15 is 0 Å². The van der Waals surface area contributed by atoms with E-state index in [-0.39, 0.29) is 23.6 Å². The van der Waals surface area contributed by atoms with E-state index in [0.29, 0.717) is 31.3 Å². The lowest BCUT2D eigenvalue weighted by Gasteiger charge is -2.27. The summed E-state index contributed by atoms with van der Waals surface area (Å²) in [5.41, 5.74) is 3.15. The maximum absolute atomic E-state index is 11.0. The summed E-state index contributed by atoms with van der Waals surface area (Å²) in [6.45, 7) is 3.42. The lowest BCUT2D eigenvalue weighted by Crippen LogP contribution is -2.24. The third kappa shape index (κ3) is 5.28. The molecular formula is C26H27ClO5. The first-order valence-electron chi connectivity index (χ1n) is 10.8. The number of benzene rings is 2. The average Bonchev–Trinajstić information content (AvgIpc) is 3.18. The number of allylic oxidation sites excluding steroid dienone is 3. The zero-order chi connectivity index (χ0) is 22.5. The maximum atomic E-state index is 11.0. The molecule has 0 saturated carbocycles. The fraction of sp³-hybridized carbons (Fsp3) is 0.346. The van der Waals surface area contributed by atoms with Crippen LogP contribution in [-0.4, -0.2) is 36.3 Å². The van der Waals surface area contributed by atoms with Crippen molar-refractivity contribution in [3.63, 3.8) is 0 Å². The highest BCUT2D eigenvalue weighted by Crippen LogP contribution is 2.38. The highest BCUT2D eigenvalue weighted by atomic mass is 35.5. The molecule has 1 aliphatic carbocycles. The van der Waals surface area contributed by atoms with E-state index in [1.54, 1.807) is 0 Å². The van der Waals surface area contributed by atoms with Crippen LogP contribution in [0.3, 0.4) is 0 Å². The van der Waals surface area contributed by atoms with Gasteiger partial charge in [0.2, 0.25) is 0 Å². The highest BCUT2D eigenvalue weighted by Gasteiger charge is 2.28. The van der Waals surface area contributed by atoms with Gasteiger partial charge in [-0.2, -0.15) is 0 Å². The van der Waals surface area contributed by atoms with Crippen LogP contribution in [0.4, 0.5) is 0 Å². The van der Waals surface area contributed by atoms with E-state index < -0.39 is 5.97 Å². The molecule has 5 nitrogen and oxygen atoms in total. The Bertz CT molecular complexity index is 1010. The van der Waals surface area contributed by atoms with Gasteiger partial charge >= 0.3 is 5.97 Å². The molecule has 1 heterocycles. The van der Waals surface area contributed by atoms with Crippen LogP contribution < -0.4 is 9.47 Å². The van der Waals surface area contributed by atoms with Crippen molar-refractivity contribution in [2.45, 2.75) is 31.1 Å². The van der Waals surface area contributed by atoms with Gasteiger partial charge in [-0.25, -0.2) is 0 Å². The number of hydrogen-bond donors (Lipinski definition) is 1. The normalized spacial score (nSPS) is 21.8. The molecule has 32 heavy (non-hydrogen) atoms. The van der Waals surface area contributed by atoms with E-state index in [1.807, 2.05) is 48.6 Å². The summed E-state index contributed by atoms with van der Waals surface area (Å²) < 4.78 is 17.6. The molecule has 2 aromatic carbocycles. The van der Waals surface area contributed by atoms with Crippen LogP contribution >= 0.6 is 11.6 Å². The van der Waals surface area contributed by atoms with E-state index in [9.17, 15) is 4.79 Å². The van der Waals surface area contributed by atoms with Crippen LogP contribution in [-0.2, 0) is 16.0 Å². The molecule has 0 saturated heterocycles. The van der Waals surface area contributed by atoms with E-state index in [1.165, 1.54) is 5.56 Å². The number of aliphatic carboxylic acids is 1. The third-order valence-corrected chi connectivity index (χ3v) is 6.56. The molecule has 2 aromatic rings. The minimum Gasteiger partial charge on any atom is -0.497 e. The number of carboxylic acids is 1. The fourth-order valence-corrected chi connectivity index (χ4v) is 4.29. The molecule has 0 amide bonds. The highest BCUT2D eigenvalue weighted by molar-refractivity contribution is 6.22. The fourth-order valence-electron chi connectivity index (χ4n) is 4.03. The van der Waals surface area contributed by atoms with Gasteiger partial charge in [0.25, 0.3) is 0 Å². The number of ether oxygens (including phenoxy) is 3. The summed E-state index contributed by atoms with van der Waals surface area (Å²) in [6, 6.07) is 15.8. The summed E-state index contributed by atoms with van der Waals surface area (Å²) >= 11 is 6.70. The average molecular weight is 455 g/mol. The van der Waals surface area contributed by atoms with Crippen molar-refractivity contribution in [2.24, 2.45) is 5.92 Å². The first-order chi connectivity index (χ1) is 15.5. The molecular weight excluding hydrogens is 428 g/mol. The standard InChI is InChI=1S/C26H27ClO5/c1-17-23(30-12-11-18-5-3-2-4-6-18)10-7-19(26(17)27)15-31-21-8-9-22-20(13-25(28)29)16-32-24(22)14-21/h2-10,14,17,20,26H,11-13,15-16H2,1H3,(H,28,29). The predicted molar refractivity (Wildman–Crippen MR) is 123 cm³/mol. The van der Waals surface area contributed by atoms with Gasteiger partial charge in [-0.05, 0) is 23.3 Å². The Morgan fingerprint density at radius 2 is 1.97 bits per heavy atom. The molecule has 6 heteroatoms. The number of alkyl halides is 1. The Kier molecular flexibility index (Phi) is 7.05. The van der Waals surface area contributed by atoms with E-state index in [2.05, 4.69) is 19.1 Å². The van der Waals surface area contributed by atoms with Gasteiger partial charge in [-0.15, -0.1) is 11.6 Å². The van der Waals surface area contributed by atoms with Gasteiger partial charge in [0.15, 0.2) is 0 Å². The Morgan fingerprint density at radius 3 is 2.75 bits per heavy atom. The van der Waals surface area contributed by atoms with Crippen molar-refractivity contribution in [3.05, 3.63) is 83.1 Å². The zero-order valence-electron chi connectivity index (χ0n) is 18.0. The number of rotatable bonds is 9. The second kappa shape index (κ2) is 10.1. The topological polar surface area (TPSA) is 65.0 Å². The van der Waals surface area contributed by atoms with Gasteiger partial charge in [-0.1, -0.05) is 49.4 Å². The summed E-state index contributed by atoms with van der Waals surface area (Å²) in [5.74, 6) is 1.37. The van der Waals surface area contributed by atoms with Crippen molar-refractivity contribution >= 4 is 17.6 Å². The van der Waals surface area contributed by atoms with E-state index in [0.717, 1.165) is 23.3 Å². The number of halogens is 1. The Hall–Kier alpha value is -2.92. The number of carboxylic acid groups (broad SMARTS) is 1. The molecule has 4 rings (SSSR count). The first kappa shape index (κ1) is 22.3. The summed E-state index contributed by atoms with van der Waals surface area (Å²) in [6.07, 6.45) is 4.87. The van der Waals surface area contributed by atoms with Crippen LogP contribution in [0.5, 0.6) is 11.5 Å². The molecule has 168 valence electrons. The number of carbonyl (C=O) groups is 1. The Labute approximate surface area is 193 Å². The van der Waals surface area contributed by atoms with Crippen molar-refractivity contribution in [2.75, 3.05) is 19.8 Å². The van der Waals surface area contributed by atoms with Crippen LogP contribution in [0.1, 0.15) is 30.4 Å². The molecule has 0 bridgehead atoms. The second-order valence-electron chi connectivity index (χ2n) is 8.18. The van der Waals surface area contributed by atoms with Gasteiger partial charge in [-0.3, -0.25) is 4.79 Å². The molecule has 1 N–H and O–H groups in total. The lowest BCUT2D eigenvalue weighted by atomic mass is 9.93. The minimum absolute atomic E-state index is 0.0520. The van der Waals surface area contributed by atoms with Crippen molar-refractivity contribution in [1.82, 2.24) is 0 Å². The zero-order valence-corrected chi connectivity index (χ0v) is 18.8. The van der Waals surface area contributed by atoms with Crippen molar-refractivity contribution in [1.29, 1.82) is 0 Å². The molecule has 0 spiro atoms. The van der Waals surface area contributed by atoms with Crippen molar-refractivity contribution < 1.29 is 24.1 Å². The molecule has 1 aliphatic heterocycles. The molecule has 2 aliphatic rings. The maximum Gasteiger partial charge on any atom is 0.304 e. The van der Waals surface area contributed by atoms with Crippen molar-refractivity contribution in [3.8, 4) is 11.5 Å². The summed E-state index contributed by atoms with van der Waals surface area (Å²) in [5, 5.41) is 8.82. The van der Waals surface area contributed by atoms with Gasteiger partial charge in [0.05, 0.1) is 25.0 Å². The van der Waals surface area contributed by atoms with Gasteiger partial charge in [0.1, 0.15) is 23.9 Å². The van der Waals surface area contributed by atoms with Crippen LogP contribution in [0.25, 0.3) is 0 Å². The molecule has 3 atom stereocenters. The predicted octanol–water partition coefficient (Wildman–Crippen LogP) is 5.34.